The Morgan fingerprint density at radius 2 is 1.81 bits per heavy atom. The second-order valence-electron chi connectivity index (χ2n) is 5.11. The molecule has 1 aliphatic heterocycles. The van der Waals surface area contributed by atoms with E-state index in [9.17, 15) is 9.59 Å². The van der Waals surface area contributed by atoms with Crippen LogP contribution in [0.4, 0.5) is 0 Å². The molecule has 1 atom stereocenters. The summed E-state index contributed by atoms with van der Waals surface area (Å²) in [7, 11) is 1.59. The summed E-state index contributed by atoms with van der Waals surface area (Å²) in [4.78, 5) is 29.0. The Labute approximate surface area is 120 Å². The SMILES string of the molecule is C[NH+]1C(=O)c2cccc3c(-n4ccnc4)ccc(c23)C1=O. The van der Waals surface area contributed by atoms with E-state index in [4.69, 9.17) is 0 Å². The van der Waals surface area contributed by atoms with Crippen molar-refractivity contribution in [2.75, 3.05) is 7.05 Å². The van der Waals surface area contributed by atoms with Crippen LogP contribution in [-0.2, 0) is 0 Å². The van der Waals surface area contributed by atoms with Crippen LogP contribution in [0.2, 0.25) is 0 Å². The number of carbonyl (C=O) groups is 2. The van der Waals surface area contributed by atoms with Crippen LogP contribution in [0.5, 0.6) is 0 Å². The van der Waals surface area contributed by atoms with E-state index in [0.717, 1.165) is 16.5 Å². The third-order valence-electron chi connectivity index (χ3n) is 3.97. The van der Waals surface area contributed by atoms with E-state index in [1.165, 1.54) is 0 Å². The van der Waals surface area contributed by atoms with Gasteiger partial charge in [0, 0.05) is 23.2 Å². The van der Waals surface area contributed by atoms with Crippen LogP contribution in [0.3, 0.4) is 0 Å². The number of amides is 2. The van der Waals surface area contributed by atoms with Gasteiger partial charge in [0.25, 0.3) is 0 Å². The second kappa shape index (κ2) is 4.10. The number of aromatic nitrogens is 2. The van der Waals surface area contributed by atoms with E-state index in [0.29, 0.717) is 11.1 Å². The van der Waals surface area contributed by atoms with Crippen molar-refractivity contribution in [2.45, 2.75) is 0 Å². The number of carbonyl (C=O) groups excluding carboxylic acids is 2. The fourth-order valence-electron chi connectivity index (χ4n) is 2.90. The molecule has 0 aliphatic carbocycles. The van der Waals surface area contributed by atoms with Crippen molar-refractivity contribution < 1.29 is 14.5 Å². The zero-order valence-corrected chi connectivity index (χ0v) is 11.3. The molecule has 0 bridgehead atoms. The van der Waals surface area contributed by atoms with Gasteiger partial charge in [-0.15, -0.1) is 0 Å². The molecule has 1 aliphatic rings. The highest BCUT2D eigenvalue weighted by Gasteiger charge is 2.35. The Bertz CT molecular complexity index is 875. The number of rotatable bonds is 1. The van der Waals surface area contributed by atoms with E-state index in [-0.39, 0.29) is 16.7 Å². The molecule has 0 radical (unpaired) electrons. The van der Waals surface area contributed by atoms with Gasteiger partial charge in [0.15, 0.2) is 0 Å². The maximum atomic E-state index is 12.3. The molecule has 1 unspecified atom stereocenters. The highest BCUT2D eigenvalue weighted by molar-refractivity contribution is 6.19. The van der Waals surface area contributed by atoms with Crippen molar-refractivity contribution in [3.05, 3.63) is 60.2 Å². The van der Waals surface area contributed by atoms with Crippen LogP contribution in [0.15, 0.2) is 49.1 Å². The molecule has 0 spiro atoms. The summed E-state index contributed by atoms with van der Waals surface area (Å²) in [5.74, 6) is -0.359. The molecule has 3 aromatic rings. The Kier molecular flexibility index (Phi) is 2.34. The van der Waals surface area contributed by atoms with Crippen molar-refractivity contribution in [3.8, 4) is 5.69 Å². The van der Waals surface area contributed by atoms with Crippen LogP contribution in [0, 0.1) is 0 Å². The van der Waals surface area contributed by atoms with Gasteiger partial charge in [-0.25, -0.2) is 19.5 Å². The lowest BCUT2D eigenvalue weighted by molar-refractivity contribution is -0.698. The average Bonchev–Trinajstić information content (AvgIpc) is 3.04. The van der Waals surface area contributed by atoms with Gasteiger partial charge >= 0.3 is 11.8 Å². The van der Waals surface area contributed by atoms with E-state index in [2.05, 4.69) is 4.98 Å². The Morgan fingerprint density at radius 1 is 1.05 bits per heavy atom. The fraction of sp³-hybridized carbons (Fsp3) is 0.0625. The summed E-state index contributed by atoms with van der Waals surface area (Å²) in [6.45, 7) is 0. The number of imidazole rings is 1. The molecular weight excluding hydrogens is 266 g/mol. The number of hydrogen-bond acceptors (Lipinski definition) is 3. The number of nitrogens with one attached hydrogen (secondary N) is 1. The minimum Gasteiger partial charge on any atom is -0.306 e. The Hall–Kier alpha value is -2.79. The molecule has 102 valence electrons. The summed E-state index contributed by atoms with van der Waals surface area (Å²) >= 11 is 0. The van der Waals surface area contributed by atoms with Crippen molar-refractivity contribution in [1.82, 2.24) is 9.55 Å². The van der Waals surface area contributed by atoms with Gasteiger partial charge in [-0.1, -0.05) is 12.1 Å². The molecular formula is C16H12N3O2+. The highest BCUT2D eigenvalue weighted by atomic mass is 16.2. The average molecular weight is 278 g/mol. The molecule has 4 rings (SSSR count). The number of imide groups is 1. The first-order valence-corrected chi connectivity index (χ1v) is 6.65. The van der Waals surface area contributed by atoms with Crippen molar-refractivity contribution in [3.63, 3.8) is 0 Å². The summed E-state index contributed by atoms with van der Waals surface area (Å²) in [6, 6.07) is 9.24. The van der Waals surface area contributed by atoms with E-state index < -0.39 is 0 Å². The second-order valence-corrected chi connectivity index (χ2v) is 5.11. The largest absolute Gasteiger partial charge is 0.352 e. The number of quaternary nitrogens is 1. The Morgan fingerprint density at radius 3 is 2.52 bits per heavy atom. The van der Waals surface area contributed by atoms with Crippen molar-refractivity contribution in [2.24, 2.45) is 0 Å². The first kappa shape index (κ1) is 12.0. The molecule has 21 heavy (non-hydrogen) atoms. The van der Waals surface area contributed by atoms with Crippen molar-refractivity contribution >= 4 is 22.6 Å². The number of benzene rings is 2. The van der Waals surface area contributed by atoms with E-state index >= 15 is 0 Å². The highest BCUT2D eigenvalue weighted by Crippen LogP contribution is 2.29. The minimum absolute atomic E-state index is 0.180. The maximum Gasteiger partial charge on any atom is 0.352 e. The lowest BCUT2D eigenvalue weighted by Crippen LogP contribution is -3.14. The summed E-state index contributed by atoms with van der Waals surface area (Å²) < 4.78 is 1.88. The third kappa shape index (κ3) is 1.52. The van der Waals surface area contributed by atoms with Gasteiger partial charge in [-0.2, -0.15) is 0 Å². The molecule has 1 N–H and O–H groups in total. The smallest absolute Gasteiger partial charge is 0.306 e. The van der Waals surface area contributed by atoms with Crippen LogP contribution in [0.25, 0.3) is 16.5 Å². The fourth-order valence-corrected chi connectivity index (χ4v) is 2.90. The number of hydrogen-bond donors (Lipinski definition) is 1. The molecule has 5 heteroatoms. The van der Waals surface area contributed by atoms with Crippen LogP contribution in [-0.4, -0.2) is 28.4 Å². The maximum absolute atomic E-state index is 12.3. The molecule has 0 saturated heterocycles. The van der Waals surface area contributed by atoms with Gasteiger partial charge < -0.3 is 4.57 Å². The number of nitrogens with zero attached hydrogens (tertiary/aromatic N) is 2. The van der Waals surface area contributed by atoms with Crippen LogP contribution in [0.1, 0.15) is 20.7 Å². The summed E-state index contributed by atoms with van der Waals surface area (Å²) in [6.07, 6.45) is 5.24. The predicted molar refractivity (Wildman–Crippen MR) is 76.6 cm³/mol. The molecule has 1 aromatic heterocycles. The van der Waals surface area contributed by atoms with E-state index in [1.807, 2.05) is 29.0 Å². The minimum atomic E-state index is -0.180. The third-order valence-corrected chi connectivity index (χ3v) is 3.97. The molecule has 0 fully saturated rings. The van der Waals surface area contributed by atoms with Gasteiger partial charge in [-0.3, -0.25) is 0 Å². The molecule has 2 aromatic carbocycles. The van der Waals surface area contributed by atoms with Crippen molar-refractivity contribution in [1.29, 1.82) is 0 Å². The topological polar surface area (TPSA) is 56.4 Å². The lowest BCUT2D eigenvalue weighted by Gasteiger charge is -2.20. The summed E-state index contributed by atoms with van der Waals surface area (Å²) in [5, 5.41) is 1.63. The predicted octanol–water partition coefficient (Wildman–Crippen LogP) is 0.834. The molecule has 0 saturated carbocycles. The van der Waals surface area contributed by atoms with Gasteiger partial charge in [0.2, 0.25) is 0 Å². The molecule has 5 nitrogen and oxygen atoms in total. The lowest BCUT2D eigenvalue weighted by atomic mass is 9.93. The first-order valence-electron chi connectivity index (χ1n) is 6.65. The normalized spacial score (nSPS) is 17.5. The van der Waals surface area contributed by atoms with Gasteiger partial charge in [0.05, 0.1) is 30.2 Å². The monoisotopic (exact) mass is 278 g/mol. The zero-order chi connectivity index (χ0) is 14.6. The quantitative estimate of drug-likeness (QED) is 0.671. The zero-order valence-electron chi connectivity index (χ0n) is 11.3. The first-order chi connectivity index (χ1) is 10.2. The van der Waals surface area contributed by atoms with Gasteiger partial charge in [0.1, 0.15) is 0 Å². The standard InChI is InChI=1S/C16H11N3O2/c1-18-15(20)11-4-2-3-10-13(19-8-7-17-9-19)6-5-12(14(10)11)16(18)21/h2-9H,1H3/p+1. The van der Waals surface area contributed by atoms with E-state index in [1.54, 1.807) is 31.7 Å². The molecule has 2 heterocycles. The summed E-state index contributed by atoms with van der Waals surface area (Å²) in [5.41, 5.74) is 2.11. The molecule has 2 amide bonds. The Balaban J connectivity index is 2.14. The van der Waals surface area contributed by atoms with Crippen LogP contribution >= 0.6 is 0 Å². The van der Waals surface area contributed by atoms with Gasteiger partial charge in [-0.05, 0) is 18.2 Å². The van der Waals surface area contributed by atoms with Crippen LogP contribution < -0.4 is 4.90 Å².